The summed E-state index contributed by atoms with van der Waals surface area (Å²) in [7, 11) is 0. The second kappa shape index (κ2) is 10.4. The second-order valence-electron chi connectivity index (χ2n) is 7.76. The van der Waals surface area contributed by atoms with E-state index in [-0.39, 0.29) is 17.9 Å². The monoisotopic (exact) mass is 427 g/mol. The fourth-order valence-electron chi connectivity index (χ4n) is 3.51. The highest BCUT2D eigenvalue weighted by Gasteiger charge is 2.31. The average molecular weight is 427 g/mol. The van der Waals surface area contributed by atoms with Gasteiger partial charge in [-0.3, -0.25) is 4.79 Å². The molecule has 0 aliphatic carbocycles. The number of alkyl carbamates (subject to hydrolysis) is 1. The van der Waals surface area contributed by atoms with Crippen molar-refractivity contribution in [2.45, 2.75) is 51.5 Å². The van der Waals surface area contributed by atoms with E-state index in [4.69, 9.17) is 14.2 Å². The number of ketones is 1. The summed E-state index contributed by atoms with van der Waals surface area (Å²) in [5.41, 5.74) is 1.91. The van der Waals surface area contributed by atoms with Crippen molar-refractivity contribution in [3.63, 3.8) is 0 Å². The molecule has 1 aliphatic heterocycles. The number of nitrogens with one attached hydrogen (secondary N) is 1. The Labute approximate surface area is 182 Å². The van der Waals surface area contributed by atoms with Crippen LogP contribution in [-0.4, -0.2) is 48.4 Å². The number of carbonyl (C=O) groups is 2. The van der Waals surface area contributed by atoms with Crippen LogP contribution in [-0.2, 0) is 15.9 Å². The molecule has 0 unspecified atom stereocenters. The molecule has 0 radical (unpaired) electrons. The minimum absolute atomic E-state index is 0.130. The number of cyclic esters (lactones) is 1. The maximum Gasteiger partial charge on any atom is 0.407 e. The Bertz CT molecular complexity index is 895. The lowest BCUT2D eigenvalue weighted by atomic mass is 9.95. The lowest BCUT2D eigenvalue weighted by molar-refractivity contribution is -0.0487. The van der Waals surface area contributed by atoms with Crippen LogP contribution >= 0.6 is 0 Å². The van der Waals surface area contributed by atoms with Crippen molar-refractivity contribution in [2.24, 2.45) is 0 Å². The van der Waals surface area contributed by atoms with E-state index in [2.05, 4.69) is 5.32 Å². The number of amides is 1. The van der Waals surface area contributed by atoms with Crippen LogP contribution in [0.5, 0.6) is 5.75 Å². The molecule has 166 valence electrons. The molecular formula is C24H29NO6. The van der Waals surface area contributed by atoms with Crippen molar-refractivity contribution in [3.05, 3.63) is 65.2 Å². The summed E-state index contributed by atoms with van der Waals surface area (Å²) >= 11 is 0. The quantitative estimate of drug-likeness (QED) is 0.564. The lowest BCUT2D eigenvalue weighted by Crippen LogP contribution is -2.34. The maximum atomic E-state index is 13.3. The van der Waals surface area contributed by atoms with Crippen molar-refractivity contribution >= 4 is 11.9 Å². The summed E-state index contributed by atoms with van der Waals surface area (Å²) in [5.74, 6) is 0.394. The van der Waals surface area contributed by atoms with E-state index in [1.54, 1.807) is 42.5 Å². The molecule has 3 rings (SSSR count). The lowest BCUT2D eigenvalue weighted by Gasteiger charge is -2.25. The number of hydrogen-bond acceptors (Lipinski definition) is 6. The van der Waals surface area contributed by atoms with Crippen molar-refractivity contribution in [1.82, 2.24) is 5.32 Å². The number of benzene rings is 2. The Morgan fingerprint density at radius 2 is 1.97 bits per heavy atom. The molecule has 1 saturated heterocycles. The molecule has 31 heavy (non-hydrogen) atoms. The Balaban J connectivity index is 1.79. The van der Waals surface area contributed by atoms with Gasteiger partial charge in [0.2, 0.25) is 0 Å². The Morgan fingerprint density at radius 1 is 1.23 bits per heavy atom. The molecule has 0 bridgehead atoms. The molecule has 2 N–H and O–H groups in total. The highest BCUT2D eigenvalue weighted by Crippen LogP contribution is 2.26. The number of carbonyl (C=O) groups excluding carboxylic acids is 2. The first kappa shape index (κ1) is 22.8. The standard InChI is InChI=1S/C24H29NO6/c1-4-29-20-10-8-17(9-11-20)21(26)23(31-15(2)3)22(27)18-7-5-6-16(12-18)13-19-14-30-24(28)25-19/h5-12,15,19,21,23,26H,4,13-14H2,1-3H3,(H,25,28)/t19-,21+,23-/m0/s1. The smallest absolute Gasteiger partial charge is 0.407 e. The van der Waals surface area contributed by atoms with Gasteiger partial charge in [-0.05, 0) is 56.5 Å². The van der Waals surface area contributed by atoms with E-state index in [1.165, 1.54) is 0 Å². The number of Topliss-reactive ketones (excluding diaryl/α,β-unsaturated/α-hetero) is 1. The van der Waals surface area contributed by atoms with Gasteiger partial charge in [0.25, 0.3) is 0 Å². The molecule has 3 atom stereocenters. The number of rotatable bonds is 10. The van der Waals surface area contributed by atoms with Crippen LogP contribution in [0.15, 0.2) is 48.5 Å². The highest BCUT2D eigenvalue weighted by molar-refractivity contribution is 6.00. The van der Waals surface area contributed by atoms with E-state index in [1.807, 2.05) is 26.8 Å². The SMILES string of the molecule is CCOc1ccc([C@@H](O)[C@H](OC(C)C)C(=O)c2cccc(C[C@H]3COC(=O)N3)c2)cc1. The zero-order valence-electron chi connectivity index (χ0n) is 18.0. The van der Waals surface area contributed by atoms with Gasteiger partial charge in [-0.25, -0.2) is 4.79 Å². The van der Waals surface area contributed by atoms with Gasteiger partial charge in [0.15, 0.2) is 11.9 Å². The van der Waals surface area contributed by atoms with Gasteiger partial charge in [-0.15, -0.1) is 0 Å². The molecule has 0 spiro atoms. The average Bonchev–Trinajstić information content (AvgIpc) is 3.16. The van der Waals surface area contributed by atoms with Crippen LogP contribution in [0.25, 0.3) is 0 Å². The fraction of sp³-hybridized carbons (Fsp3) is 0.417. The summed E-state index contributed by atoms with van der Waals surface area (Å²) in [6.07, 6.45) is -2.31. The Kier molecular flexibility index (Phi) is 7.65. The van der Waals surface area contributed by atoms with Crippen LogP contribution in [0.1, 0.15) is 48.4 Å². The van der Waals surface area contributed by atoms with Gasteiger partial charge in [0.1, 0.15) is 18.5 Å². The largest absolute Gasteiger partial charge is 0.494 e. The predicted octanol–water partition coefficient (Wildman–Crippen LogP) is 3.45. The normalized spacial score (nSPS) is 17.7. The molecule has 2 aromatic carbocycles. The number of hydrogen-bond donors (Lipinski definition) is 2. The van der Waals surface area contributed by atoms with Gasteiger partial charge in [0.05, 0.1) is 18.8 Å². The minimum atomic E-state index is -1.13. The van der Waals surface area contributed by atoms with Crippen molar-refractivity contribution in [1.29, 1.82) is 0 Å². The molecule has 1 fully saturated rings. The molecule has 1 heterocycles. The van der Waals surface area contributed by atoms with E-state index in [9.17, 15) is 14.7 Å². The molecule has 7 heteroatoms. The summed E-state index contributed by atoms with van der Waals surface area (Å²) in [5, 5.41) is 13.7. The first-order valence-corrected chi connectivity index (χ1v) is 10.5. The molecule has 2 aromatic rings. The van der Waals surface area contributed by atoms with E-state index in [0.29, 0.717) is 36.5 Å². The van der Waals surface area contributed by atoms with Gasteiger partial charge >= 0.3 is 6.09 Å². The summed E-state index contributed by atoms with van der Waals surface area (Å²) in [6, 6.07) is 14.0. The van der Waals surface area contributed by atoms with Crippen LogP contribution in [0.2, 0.25) is 0 Å². The van der Waals surface area contributed by atoms with E-state index >= 15 is 0 Å². The summed E-state index contributed by atoms with van der Waals surface area (Å²) in [6.45, 7) is 6.39. The van der Waals surface area contributed by atoms with Crippen molar-refractivity contribution < 1.29 is 28.9 Å². The number of aliphatic hydroxyl groups is 1. The third kappa shape index (κ3) is 6.06. The van der Waals surface area contributed by atoms with E-state index in [0.717, 1.165) is 5.56 Å². The highest BCUT2D eigenvalue weighted by atomic mass is 16.6. The third-order valence-electron chi connectivity index (χ3n) is 4.93. The first-order chi connectivity index (χ1) is 14.9. The molecule has 1 amide bonds. The summed E-state index contributed by atoms with van der Waals surface area (Å²) < 4.78 is 16.2. The van der Waals surface area contributed by atoms with Crippen LogP contribution in [0.4, 0.5) is 4.79 Å². The van der Waals surface area contributed by atoms with Gasteiger partial charge in [0, 0.05) is 5.56 Å². The minimum Gasteiger partial charge on any atom is -0.494 e. The van der Waals surface area contributed by atoms with Gasteiger partial charge in [-0.2, -0.15) is 0 Å². The summed E-state index contributed by atoms with van der Waals surface area (Å²) in [4.78, 5) is 24.5. The van der Waals surface area contributed by atoms with Crippen LogP contribution < -0.4 is 10.1 Å². The molecule has 1 aliphatic rings. The molecule has 7 nitrogen and oxygen atoms in total. The Hall–Kier alpha value is -2.90. The first-order valence-electron chi connectivity index (χ1n) is 10.5. The second-order valence-corrected chi connectivity index (χ2v) is 7.76. The van der Waals surface area contributed by atoms with Crippen LogP contribution in [0, 0.1) is 0 Å². The van der Waals surface area contributed by atoms with Gasteiger partial charge in [-0.1, -0.05) is 30.3 Å². The predicted molar refractivity (Wildman–Crippen MR) is 115 cm³/mol. The fourth-order valence-corrected chi connectivity index (χ4v) is 3.51. The molecule has 0 saturated carbocycles. The van der Waals surface area contributed by atoms with E-state index < -0.39 is 18.3 Å². The van der Waals surface area contributed by atoms with Gasteiger partial charge < -0.3 is 24.6 Å². The number of ether oxygens (including phenoxy) is 3. The third-order valence-corrected chi connectivity index (χ3v) is 4.93. The van der Waals surface area contributed by atoms with Crippen molar-refractivity contribution in [3.8, 4) is 5.75 Å². The number of aliphatic hydroxyl groups excluding tert-OH is 1. The Morgan fingerprint density at radius 3 is 2.58 bits per heavy atom. The topological polar surface area (TPSA) is 94.1 Å². The van der Waals surface area contributed by atoms with Crippen molar-refractivity contribution in [2.75, 3.05) is 13.2 Å². The zero-order valence-corrected chi connectivity index (χ0v) is 18.0. The van der Waals surface area contributed by atoms with Crippen LogP contribution in [0.3, 0.4) is 0 Å². The zero-order chi connectivity index (χ0) is 22.4. The maximum absolute atomic E-state index is 13.3. The molecular weight excluding hydrogens is 398 g/mol. The molecule has 0 aromatic heterocycles.